The minimum absolute atomic E-state index is 0.0130. The molecular formula is C16H16FNO2. The Bertz CT molecular complexity index is 578. The molecule has 0 aliphatic heterocycles. The van der Waals surface area contributed by atoms with Gasteiger partial charge in [0.2, 0.25) is 6.54 Å². The van der Waals surface area contributed by atoms with Crippen LogP contribution in [0.3, 0.4) is 0 Å². The van der Waals surface area contributed by atoms with Gasteiger partial charge in [-0.1, -0.05) is 43.3 Å². The van der Waals surface area contributed by atoms with Crippen molar-refractivity contribution in [2.75, 3.05) is 6.54 Å². The summed E-state index contributed by atoms with van der Waals surface area (Å²) in [4.78, 5) is 10.1. The molecule has 2 rings (SSSR count). The van der Waals surface area contributed by atoms with Gasteiger partial charge in [0.15, 0.2) is 0 Å². The quantitative estimate of drug-likeness (QED) is 0.603. The molecule has 0 aromatic heterocycles. The minimum atomic E-state index is -0.288. The maximum atomic E-state index is 12.9. The van der Waals surface area contributed by atoms with Crippen LogP contribution in [0, 0.1) is 15.9 Å². The Kier molecular flexibility index (Phi) is 4.45. The Morgan fingerprint density at radius 1 is 1.05 bits per heavy atom. The van der Waals surface area contributed by atoms with Crippen LogP contribution >= 0.6 is 0 Å². The molecule has 0 spiro atoms. The van der Waals surface area contributed by atoms with Crippen molar-refractivity contribution < 1.29 is 9.31 Å². The lowest BCUT2D eigenvalue weighted by molar-refractivity contribution is -0.480. The first-order chi connectivity index (χ1) is 9.56. The van der Waals surface area contributed by atoms with E-state index in [1.54, 1.807) is 12.1 Å². The Morgan fingerprint density at radius 2 is 1.55 bits per heavy atom. The number of benzene rings is 2. The molecule has 0 N–H and O–H groups in total. The Labute approximate surface area is 117 Å². The molecule has 0 radical (unpaired) electrons. The van der Waals surface area contributed by atoms with E-state index in [2.05, 4.69) is 0 Å². The second-order valence-corrected chi connectivity index (χ2v) is 4.87. The Morgan fingerprint density at radius 3 is 2.05 bits per heavy atom. The van der Waals surface area contributed by atoms with Crippen LogP contribution in [0.4, 0.5) is 4.39 Å². The normalized spacial score (nSPS) is 12.1. The molecule has 0 aliphatic carbocycles. The Hall–Kier alpha value is -2.23. The molecule has 0 heterocycles. The van der Waals surface area contributed by atoms with Crippen molar-refractivity contribution >= 4 is 0 Å². The standard InChI is InChI=1S/C16H16FNO2/c1-12(10-11-18(19)20)13-2-4-14(5-3-13)15-6-8-16(17)9-7-15/h2-9,12H,10-11H2,1H3. The predicted octanol–water partition coefficient (Wildman–Crippen LogP) is 4.26. The molecule has 1 unspecified atom stereocenters. The highest BCUT2D eigenvalue weighted by molar-refractivity contribution is 5.63. The zero-order chi connectivity index (χ0) is 14.5. The van der Waals surface area contributed by atoms with Gasteiger partial charge in [-0.3, -0.25) is 10.1 Å². The topological polar surface area (TPSA) is 43.1 Å². The molecule has 2 aromatic carbocycles. The molecule has 104 valence electrons. The van der Waals surface area contributed by atoms with E-state index < -0.39 is 0 Å². The van der Waals surface area contributed by atoms with Crippen molar-refractivity contribution in [3.05, 3.63) is 70.0 Å². The Balaban J connectivity index is 2.09. The molecular weight excluding hydrogens is 257 g/mol. The first kappa shape index (κ1) is 14.2. The summed E-state index contributed by atoms with van der Waals surface area (Å²) < 4.78 is 12.9. The van der Waals surface area contributed by atoms with E-state index in [1.165, 1.54) is 12.1 Å². The molecule has 20 heavy (non-hydrogen) atoms. The zero-order valence-corrected chi connectivity index (χ0v) is 11.3. The predicted molar refractivity (Wildman–Crippen MR) is 76.7 cm³/mol. The van der Waals surface area contributed by atoms with E-state index in [-0.39, 0.29) is 23.2 Å². The van der Waals surface area contributed by atoms with E-state index in [4.69, 9.17) is 0 Å². The number of halogens is 1. The van der Waals surface area contributed by atoms with Crippen molar-refractivity contribution in [3.63, 3.8) is 0 Å². The van der Waals surface area contributed by atoms with Gasteiger partial charge in [0.25, 0.3) is 0 Å². The third-order valence-electron chi connectivity index (χ3n) is 3.40. The van der Waals surface area contributed by atoms with Gasteiger partial charge in [-0.25, -0.2) is 4.39 Å². The number of rotatable bonds is 5. The number of hydrogen-bond acceptors (Lipinski definition) is 2. The molecule has 1 atom stereocenters. The van der Waals surface area contributed by atoms with Crippen LogP contribution in [0.5, 0.6) is 0 Å². The highest BCUT2D eigenvalue weighted by Gasteiger charge is 2.09. The summed E-state index contributed by atoms with van der Waals surface area (Å²) in [6, 6.07) is 14.2. The smallest absolute Gasteiger partial charge is 0.204 e. The summed E-state index contributed by atoms with van der Waals surface area (Å²) in [5.41, 5.74) is 3.05. The van der Waals surface area contributed by atoms with Gasteiger partial charge in [0, 0.05) is 11.3 Å². The van der Waals surface area contributed by atoms with Crippen molar-refractivity contribution in [2.45, 2.75) is 19.3 Å². The second-order valence-electron chi connectivity index (χ2n) is 4.87. The van der Waals surface area contributed by atoms with E-state index >= 15 is 0 Å². The summed E-state index contributed by atoms with van der Waals surface area (Å²) in [7, 11) is 0. The van der Waals surface area contributed by atoms with Gasteiger partial charge in [-0.15, -0.1) is 0 Å². The fourth-order valence-corrected chi connectivity index (χ4v) is 2.11. The van der Waals surface area contributed by atoms with E-state index in [0.29, 0.717) is 6.42 Å². The summed E-state index contributed by atoms with van der Waals surface area (Å²) in [5.74, 6) is -0.0959. The summed E-state index contributed by atoms with van der Waals surface area (Å²) in [6.07, 6.45) is 0.531. The summed E-state index contributed by atoms with van der Waals surface area (Å²) in [5, 5.41) is 10.4. The molecule has 0 amide bonds. The second kappa shape index (κ2) is 6.28. The van der Waals surface area contributed by atoms with Crippen LogP contribution in [0.1, 0.15) is 24.8 Å². The first-order valence-electron chi connectivity index (χ1n) is 6.54. The molecule has 0 saturated carbocycles. The SMILES string of the molecule is CC(CC[N+](=O)[O-])c1ccc(-c2ccc(F)cc2)cc1. The maximum absolute atomic E-state index is 12.9. The van der Waals surface area contributed by atoms with E-state index in [1.807, 2.05) is 31.2 Å². The highest BCUT2D eigenvalue weighted by atomic mass is 19.1. The van der Waals surface area contributed by atoms with Gasteiger partial charge in [0.1, 0.15) is 5.82 Å². The van der Waals surface area contributed by atoms with Gasteiger partial charge >= 0.3 is 0 Å². The third kappa shape index (κ3) is 3.63. The van der Waals surface area contributed by atoms with Crippen molar-refractivity contribution in [2.24, 2.45) is 0 Å². The van der Waals surface area contributed by atoms with E-state index in [9.17, 15) is 14.5 Å². The summed E-state index contributed by atoms with van der Waals surface area (Å²) in [6.45, 7) is 1.97. The van der Waals surface area contributed by atoms with Gasteiger partial charge in [-0.05, 0) is 34.7 Å². The molecule has 0 fully saturated rings. The number of hydrogen-bond donors (Lipinski definition) is 0. The van der Waals surface area contributed by atoms with Gasteiger partial charge in [0.05, 0.1) is 0 Å². The van der Waals surface area contributed by atoms with E-state index in [0.717, 1.165) is 16.7 Å². The van der Waals surface area contributed by atoms with Crippen molar-refractivity contribution in [3.8, 4) is 11.1 Å². The largest absolute Gasteiger partial charge is 0.265 e. The molecule has 4 heteroatoms. The molecule has 3 nitrogen and oxygen atoms in total. The van der Waals surface area contributed by atoms with Gasteiger partial charge in [-0.2, -0.15) is 0 Å². The molecule has 0 aliphatic rings. The minimum Gasteiger partial charge on any atom is -0.265 e. The van der Waals surface area contributed by atoms with Gasteiger partial charge < -0.3 is 0 Å². The average Bonchev–Trinajstić information content (AvgIpc) is 2.46. The van der Waals surface area contributed by atoms with Crippen molar-refractivity contribution in [1.82, 2.24) is 0 Å². The highest BCUT2D eigenvalue weighted by Crippen LogP contribution is 2.24. The number of nitrogens with zero attached hydrogens (tertiary/aromatic N) is 1. The van der Waals surface area contributed by atoms with Crippen LogP contribution in [-0.2, 0) is 0 Å². The third-order valence-corrected chi connectivity index (χ3v) is 3.40. The lowest BCUT2D eigenvalue weighted by atomic mass is 9.95. The zero-order valence-electron chi connectivity index (χ0n) is 11.3. The van der Waals surface area contributed by atoms with Crippen LogP contribution in [0.25, 0.3) is 11.1 Å². The molecule has 0 saturated heterocycles. The monoisotopic (exact) mass is 273 g/mol. The lowest BCUT2D eigenvalue weighted by Crippen LogP contribution is -2.05. The fraction of sp³-hybridized carbons (Fsp3) is 0.250. The lowest BCUT2D eigenvalue weighted by Gasteiger charge is -2.10. The van der Waals surface area contributed by atoms with Crippen LogP contribution in [0.15, 0.2) is 48.5 Å². The van der Waals surface area contributed by atoms with Crippen molar-refractivity contribution in [1.29, 1.82) is 0 Å². The fourth-order valence-electron chi connectivity index (χ4n) is 2.11. The number of nitro groups is 1. The van der Waals surface area contributed by atoms with Crippen LogP contribution < -0.4 is 0 Å². The summed E-state index contributed by atoms with van der Waals surface area (Å²) >= 11 is 0. The molecule has 2 aromatic rings. The maximum Gasteiger partial charge on any atom is 0.204 e. The average molecular weight is 273 g/mol. The van der Waals surface area contributed by atoms with Crippen LogP contribution in [-0.4, -0.2) is 11.5 Å². The first-order valence-corrected chi connectivity index (χ1v) is 6.54. The molecule has 0 bridgehead atoms. The van der Waals surface area contributed by atoms with Crippen LogP contribution in [0.2, 0.25) is 0 Å².